The average Bonchev–Trinajstić information content (AvgIpc) is 3.32. The van der Waals surface area contributed by atoms with E-state index in [1.54, 1.807) is 0 Å². The first kappa shape index (κ1) is 35.4. The smallest absolute Gasteiger partial charge is 0.465 e. The molecule has 0 aromatic heterocycles. The van der Waals surface area contributed by atoms with E-state index in [2.05, 4.69) is 5.32 Å². The highest BCUT2D eigenvalue weighted by Gasteiger charge is 2.61. The molecule has 0 saturated carbocycles. The lowest BCUT2D eigenvalue weighted by Crippen LogP contribution is -2.61. The molecule has 1 aromatic carbocycles. The van der Waals surface area contributed by atoms with E-state index in [0.29, 0.717) is 12.8 Å². The molecule has 1 amide bonds. The zero-order valence-electron chi connectivity index (χ0n) is 25.7. The van der Waals surface area contributed by atoms with Crippen LogP contribution in [0.1, 0.15) is 71.8 Å². The Hall–Kier alpha value is -2.09. The predicted octanol–water partition coefficient (Wildman–Crippen LogP) is 4.60. The van der Waals surface area contributed by atoms with E-state index in [1.807, 2.05) is 44.2 Å². The minimum atomic E-state index is -4.36. The molecule has 3 rings (SSSR count). The molecule has 244 valence electrons. The van der Waals surface area contributed by atoms with Crippen LogP contribution < -0.4 is 5.32 Å². The van der Waals surface area contributed by atoms with Crippen molar-refractivity contribution in [3.63, 3.8) is 0 Å². The summed E-state index contributed by atoms with van der Waals surface area (Å²) in [4.78, 5) is 25.7. The number of benzene rings is 1. The van der Waals surface area contributed by atoms with Gasteiger partial charge >= 0.3 is 19.9 Å². The number of carbonyl (C=O) groups is 2. The fraction of sp³-hybridized carbons (Fsp3) is 0.724. The van der Waals surface area contributed by atoms with Gasteiger partial charge in [0, 0.05) is 6.42 Å². The fourth-order valence-corrected chi connectivity index (χ4v) is 6.23. The highest BCUT2D eigenvalue weighted by Crippen LogP contribution is 2.56. The summed E-state index contributed by atoms with van der Waals surface area (Å²) in [5, 5.41) is 13.2. The highest BCUT2D eigenvalue weighted by atomic mass is 31.2. The molecule has 3 unspecified atom stereocenters. The van der Waals surface area contributed by atoms with Crippen LogP contribution in [0.25, 0.3) is 0 Å². The normalized spacial score (nSPS) is 24.6. The van der Waals surface area contributed by atoms with Crippen LogP contribution in [0.4, 0.5) is 4.79 Å². The number of carbonyl (C=O) groups excluding carboxylic acids is 2. The third-order valence-electron chi connectivity index (χ3n) is 6.77. The van der Waals surface area contributed by atoms with Crippen molar-refractivity contribution in [3.05, 3.63) is 35.9 Å². The second-order valence-corrected chi connectivity index (χ2v) is 12.6. The van der Waals surface area contributed by atoms with Gasteiger partial charge in [0.2, 0.25) is 0 Å². The van der Waals surface area contributed by atoms with Crippen molar-refractivity contribution in [1.29, 1.82) is 0 Å². The number of hydrogen-bond acceptors (Lipinski definition) is 12. The number of methoxy groups -OCH3 is 1. The molecule has 13 nitrogen and oxygen atoms in total. The number of esters is 1. The quantitative estimate of drug-likeness (QED) is 0.0948. The van der Waals surface area contributed by atoms with Crippen LogP contribution in [0.15, 0.2) is 30.3 Å². The van der Waals surface area contributed by atoms with Gasteiger partial charge in [-0.25, -0.2) is 18.7 Å². The Morgan fingerprint density at radius 1 is 1.16 bits per heavy atom. The van der Waals surface area contributed by atoms with Crippen molar-refractivity contribution < 1.29 is 56.5 Å². The van der Waals surface area contributed by atoms with Crippen molar-refractivity contribution in [2.24, 2.45) is 0 Å². The van der Waals surface area contributed by atoms with Gasteiger partial charge in [-0.05, 0) is 32.3 Å². The van der Waals surface area contributed by atoms with Gasteiger partial charge in [-0.1, -0.05) is 57.0 Å². The van der Waals surface area contributed by atoms with Crippen LogP contribution in [0, 0.1) is 0 Å². The van der Waals surface area contributed by atoms with Gasteiger partial charge in [0.05, 0.1) is 58.2 Å². The predicted molar refractivity (Wildman–Crippen MR) is 154 cm³/mol. The lowest BCUT2D eigenvalue weighted by Gasteiger charge is -2.44. The Bertz CT molecular complexity index is 1050. The summed E-state index contributed by atoms with van der Waals surface area (Å²) in [6, 6.07) is 8.79. The third kappa shape index (κ3) is 10.8. The molecule has 2 aliphatic heterocycles. The van der Waals surface area contributed by atoms with E-state index in [9.17, 15) is 19.3 Å². The van der Waals surface area contributed by atoms with Crippen LogP contribution in [0.3, 0.4) is 0 Å². The zero-order chi connectivity index (χ0) is 31.5. The van der Waals surface area contributed by atoms with Crippen LogP contribution in [0.5, 0.6) is 0 Å². The van der Waals surface area contributed by atoms with Gasteiger partial charge in [0.25, 0.3) is 5.79 Å². The monoisotopic (exact) mass is 631 g/mol. The van der Waals surface area contributed by atoms with Crippen LogP contribution in [0.2, 0.25) is 0 Å². The Morgan fingerprint density at radius 2 is 1.81 bits per heavy atom. The van der Waals surface area contributed by atoms with E-state index in [1.165, 1.54) is 13.8 Å². The third-order valence-corrected chi connectivity index (χ3v) is 8.29. The van der Waals surface area contributed by atoms with Gasteiger partial charge in [-0.15, -0.1) is 0 Å². The van der Waals surface area contributed by atoms with E-state index in [4.69, 9.17) is 37.3 Å². The van der Waals surface area contributed by atoms with Crippen molar-refractivity contribution in [1.82, 2.24) is 5.32 Å². The number of amides is 1. The Morgan fingerprint density at radius 3 is 2.40 bits per heavy atom. The van der Waals surface area contributed by atoms with Gasteiger partial charge < -0.3 is 34.1 Å². The summed E-state index contributed by atoms with van der Waals surface area (Å²) in [6.07, 6.45) is -1.04. The molecule has 14 heteroatoms. The van der Waals surface area contributed by atoms with Crippen molar-refractivity contribution in [2.45, 2.75) is 109 Å². The Kier molecular flexibility index (Phi) is 13.4. The van der Waals surface area contributed by atoms with Crippen LogP contribution in [-0.4, -0.2) is 80.0 Å². The lowest BCUT2D eigenvalue weighted by molar-refractivity contribution is -0.277. The maximum Gasteiger partial charge on any atom is 0.477 e. The summed E-state index contributed by atoms with van der Waals surface area (Å²) in [7, 11) is -3.23. The summed E-state index contributed by atoms with van der Waals surface area (Å²) < 4.78 is 59.4. The van der Waals surface area contributed by atoms with E-state index in [0.717, 1.165) is 25.5 Å². The summed E-state index contributed by atoms with van der Waals surface area (Å²) in [6.45, 7) is 7.27. The van der Waals surface area contributed by atoms with Gasteiger partial charge in [-0.2, -0.15) is 0 Å². The molecular weight excluding hydrogens is 585 g/mol. The molecule has 0 bridgehead atoms. The largest absolute Gasteiger partial charge is 0.477 e. The summed E-state index contributed by atoms with van der Waals surface area (Å²) >= 11 is 0. The van der Waals surface area contributed by atoms with E-state index >= 15 is 0 Å². The second kappa shape index (κ2) is 16.3. The van der Waals surface area contributed by atoms with Gasteiger partial charge in [0.15, 0.2) is 5.79 Å². The number of rotatable bonds is 19. The van der Waals surface area contributed by atoms with Gasteiger partial charge in [-0.3, -0.25) is 9.05 Å². The lowest BCUT2D eigenvalue weighted by atomic mass is 9.91. The molecule has 2 aliphatic rings. The number of phosphoric acid groups is 1. The van der Waals surface area contributed by atoms with Crippen molar-refractivity contribution in [2.75, 3.05) is 26.9 Å². The topological polar surface area (TPSA) is 157 Å². The van der Waals surface area contributed by atoms with Crippen LogP contribution in [-0.2, 0) is 53.2 Å². The summed E-state index contributed by atoms with van der Waals surface area (Å²) in [5.74, 6) is -4.85. The SMILES string of the molecule is CCCCOP(=O)(OCCCC)O[C@]1(C(=O)OC)C[C@H]2OC(=O)NC2C(CC(COCc2ccccc2)OC(C)(C)O)O1. The number of phosphoric ester groups is 1. The molecule has 43 heavy (non-hydrogen) atoms. The summed E-state index contributed by atoms with van der Waals surface area (Å²) in [5.41, 5.74) is 0.940. The number of fused-ring (bicyclic) bond motifs is 1. The molecule has 2 saturated heterocycles. The molecule has 0 spiro atoms. The van der Waals surface area contributed by atoms with Gasteiger partial charge in [0.1, 0.15) is 6.10 Å². The second-order valence-electron chi connectivity index (χ2n) is 11.1. The number of nitrogens with one attached hydrogen (secondary N) is 1. The van der Waals surface area contributed by atoms with Crippen molar-refractivity contribution >= 4 is 19.9 Å². The van der Waals surface area contributed by atoms with E-state index in [-0.39, 0.29) is 39.3 Å². The first-order valence-corrected chi connectivity index (χ1v) is 16.2. The van der Waals surface area contributed by atoms with Crippen molar-refractivity contribution in [3.8, 4) is 0 Å². The Balaban J connectivity index is 1.88. The van der Waals surface area contributed by atoms with Crippen LogP contribution >= 0.6 is 7.82 Å². The minimum Gasteiger partial charge on any atom is -0.465 e. The Labute approximate surface area is 253 Å². The first-order chi connectivity index (χ1) is 20.4. The number of aliphatic hydroxyl groups is 1. The number of hydrogen-bond donors (Lipinski definition) is 2. The maximum atomic E-state index is 13.9. The molecule has 0 aliphatic carbocycles. The molecule has 2 N–H and O–H groups in total. The fourth-order valence-electron chi connectivity index (χ4n) is 4.79. The number of unbranched alkanes of at least 4 members (excludes halogenated alkanes) is 2. The number of ether oxygens (including phenoxy) is 5. The molecule has 2 fully saturated rings. The molecule has 1 aromatic rings. The molecular formula is C29H46NO12P. The minimum absolute atomic E-state index is 0.0172. The first-order valence-electron chi connectivity index (χ1n) is 14.8. The standard InChI is InChI=1S/C29H46NO12P/c1-6-8-15-37-43(34,38-16-9-7-2)42-29(26(31)35-5)18-24-25(30-27(32)39-24)23(41-29)17-22(40-28(3,4)33)20-36-19-21-13-11-10-12-14-21/h10-14,22-25,33H,6-9,15-20H2,1-5H3,(H,30,32)/t22?,23?,24-,25?,29+/m1/s1. The zero-order valence-corrected chi connectivity index (χ0v) is 26.5. The highest BCUT2D eigenvalue weighted by molar-refractivity contribution is 7.48. The number of alkyl carbamates (subject to hydrolysis) is 1. The van der Waals surface area contributed by atoms with E-state index < -0.39 is 55.8 Å². The maximum absolute atomic E-state index is 13.9. The average molecular weight is 632 g/mol. The molecule has 5 atom stereocenters. The molecule has 2 heterocycles. The molecule has 0 radical (unpaired) electrons.